The Labute approximate surface area is 120 Å². The van der Waals surface area contributed by atoms with Gasteiger partial charge in [0.05, 0.1) is 0 Å². The smallest absolute Gasteiger partial charge is 0.197 e. The van der Waals surface area contributed by atoms with E-state index >= 15 is 0 Å². The van der Waals surface area contributed by atoms with Gasteiger partial charge in [0.25, 0.3) is 0 Å². The van der Waals surface area contributed by atoms with Crippen molar-refractivity contribution >= 4 is 11.1 Å². The third-order valence-electron chi connectivity index (χ3n) is 4.46. The lowest BCUT2D eigenvalue weighted by Crippen LogP contribution is -2.35. The van der Waals surface area contributed by atoms with Crippen LogP contribution in [0, 0.1) is 11.3 Å². The average Bonchev–Trinajstić information content (AvgIpc) is 2.87. The summed E-state index contributed by atoms with van der Waals surface area (Å²) in [6.45, 7) is 7.98. The van der Waals surface area contributed by atoms with Crippen LogP contribution in [-0.4, -0.2) is 17.6 Å². The van der Waals surface area contributed by atoms with E-state index in [0.717, 1.165) is 42.3 Å². The summed E-state index contributed by atoms with van der Waals surface area (Å²) in [5.74, 6) is 1.60. The second kappa shape index (κ2) is 5.21. The Balaban J connectivity index is 1.75. The van der Waals surface area contributed by atoms with E-state index in [-0.39, 0.29) is 0 Å². The van der Waals surface area contributed by atoms with Crippen LogP contribution >= 0.6 is 0 Å². The molecule has 3 nitrogen and oxygen atoms in total. The van der Waals surface area contributed by atoms with E-state index in [4.69, 9.17) is 4.42 Å². The van der Waals surface area contributed by atoms with Gasteiger partial charge in [-0.1, -0.05) is 32.9 Å². The Morgan fingerprint density at radius 2 is 2.15 bits per heavy atom. The second-order valence-corrected chi connectivity index (χ2v) is 6.64. The minimum atomic E-state index is 0.470. The molecule has 2 unspecified atom stereocenters. The van der Waals surface area contributed by atoms with Gasteiger partial charge in [-0.3, -0.25) is 0 Å². The van der Waals surface area contributed by atoms with Crippen LogP contribution in [0.15, 0.2) is 28.7 Å². The number of hydrogen-bond acceptors (Lipinski definition) is 3. The van der Waals surface area contributed by atoms with Crippen molar-refractivity contribution in [3.63, 3.8) is 0 Å². The highest BCUT2D eigenvalue weighted by Gasteiger charge is 2.50. The van der Waals surface area contributed by atoms with E-state index in [9.17, 15) is 0 Å². The first kappa shape index (κ1) is 13.6. The lowest BCUT2D eigenvalue weighted by molar-refractivity contribution is 0.374. The van der Waals surface area contributed by atoms with Crippen molar-refractivity contribution in [1.82, 2.24) is 10.3 Å². The average molecular weight is 272 g/mol. The molecule has 1 fully saturated rings. The number of hydrogen-bond donors (Lipinski definition) is 1. The molecular formula is C17H24N2O. The Morgan fingerprint density at radius 1 is 1.40 bits per heavy atom. The summed E-state index contributed by atoms with van der Waals surface area (Å²) < 4.78 is 5.87. The number of oxazole rings is 1. The molecule has 0 radical (unpaired) electrons. The molecule has 0 bridgehead atoms. The maximum atomic E-state index is 5.87. The summed E-state index contributed by atoms with van der Waals surface area (Å²) in [5, 5.41) is 3.68. The quantitative estimate of drug-likeness (QED) is 0.869. The van der Waals surface area contributed by atoms with Gasteiger partial charge in [-0.15, -0.1) is 0 Å². The molecule has 0 amide bonds. The SMILES string of the molecule is CCCNC(Cc1nc2ccccc2o1)C1CC1(C)C. The van der Waals surface area contributed by atoms with Crippen molar-refractivity contribution < 1.29 is 4.42 Å². The zero-order chi connectivity index (χ0) is 14.2. The number of fused-ring (bicyclic) bond motifs is 1. The molecule has 108 valence electrons. The molecule has 0 spiro atoms. The van der Waals surface area contributed by atoms with Gasteiger partial charge >= 0.3 is 0 Å². The van der Waals surface area contributed by atoms with Crippen molar-refractivity contribution in [1.29, 1.82) is 0 Å². The van der Waals surface area contributed by atoms with E-state index in [1.165, 1.54) is 6.42 Å². The molecule has 0 saturated heterocycles. The molecule has 1 saturated carbocycles. The molecule has 2 atom stereocenters. The fourth-order valence-electron chi connectivity index (χ4n) is 3.08. The van der Waals surface area contributed by atoms with Crippen LogP contribution in [0.2, 0.25) is 0 Å². The Morgan fingerprint density at radius 3 is 2.80 bits per heavy atom. The lowest BCUT2D eigenvalue weighted by Gasteiger charge is -2.18. The maximum absolute atomic E-state index is 5.87. The van der Waals surface area contributed by atoms with Gasteiger partial charge in [0, 0.05) is 12.5 Å². The van der Waals surface area contributed by atoms with Gasteiger partial charge in [0.1, 0.15) is 5.52 Å². The molecule has 1 heterocycles. The Kier molecular flexibility index (Phi) is 3.55. The Bertz CT molecular complexity index is 554. The van der Waals surface area contributed by atoms with E-state index in [1.807, 2.05) is 24.3 Å². The number of para-hydroxylation sites is 2. The van der Waals surface area contributed by atoms with Gasteiger partial charge in [-0.05, 0) is 42.9 Å². The van der Waals surface area contributed by atoms with E-state index in [1.54, 1.807) is 0 Å². The van der Waals surface area contributed by atoms with E-state index < -0.39 is 0 Å². The number of nitrogens with one attached hydrogen (secondary N) is 1. The van der Waals surface area contributed by atoms with Crippen molar-refractivity contribution in [2.75, 3.05) is 6.54 Å². The minimum absolute atomic E-state index is 0.470. The zero-order valence-electron chi connectivity index (χ0n) is 12.6. The first-order chi connectivity index (χ1) is 9.60. The molecule has 0 aliphatic heterocycles. The molecule has 2 aromatic rings. The monoisotopic (exact) mass is 272 g/mol. The first-order valence-electron chi connectivity index (χ1n) is 7.68. The minimum Gasteiger partial charge on any atom is -0.441 e. The fourth-order valence-corrected chi connectivity index (χ4v) is 3.08. The normalized spacial score (nSPS) is 22.1. The maximum Gasteiger partial charge on any atom is 0.197 e. The van der Waals surface area contributed by atoms with Crippen LogP contribution in [0.3, 0.4) is 0 Å². The van der Waals surface area contributed by atoms with Crippen LogP contribution in [0.1, 0.15) is 39.5 Å². The molecule has 1 N–H and O–H groups in total. The molecule has 1 aromatic carbocycles. The highest BCUT2D eigenvalue weighted by atomic mass is 16.3. The van der Waals surface area contributed by atoms with Crippen LogP contribution in [0.5, 0.6) is 0 Å². The largest absolute Gasteiger partial charge is 0.441 e. The standard InChI is InChI=1S/C17H24N2O/c1-4-9-18-14(12-11-17(12,2)3)10-16-19-13-7-5-6-8-15(13)20-16/h5-8,12,14,18H,4,9-11H2,1-3H3. The number of nitrogens with zero attached hydrogens (tertiary/aromatic N) is 1. The topological polar surface area (TPSA) is 38.1 Å². The van der Waals surface area contributed by atoms with Crippen LogP contribution in [0.25, 0.3) is 11.1 Å². The van der Waals surface area contributed by atoms with Gasteiger partial charge in [0.2, 0.25) is 0 Å². The van der Waals surface area contributed by atoms with Gasteiger partial charge in [-0.2, -0.15) is 0 Å². The molecule has 3 rings (SSSR count). The first-order valence-corrected chi connectivity index (χ1v) is 7.68. The molecule has 1 aliphatic rings. The van der Waals surface area contributed by atoms with Gasteiger partial charge in [-0.25, -0.2) is 4.98 Å². The van der Waals surface area contributed by atoms with Crippen molar-refractivity contribution in [2.45, 2.75) is 46.1 Å². The predicted molar refractivity (Wildman–Crippen MR) is 81.7 cm³/mol. The summed E-state index contributed by atoms with van der Waals surface area (Å²) in [6.07, 6.45) is 3.36. The summed E-state index contributed by atoms with van der Waals surface area (Å²) in [6, 6.07) is 8.48. The lowest BCUT2D eigenvalue weighted by atomic mass is 10.0. The summed E-state index contributed by atoms with van der Waals surface area (Å²) >= 11 is 0. The third kappa shape index (κ3) is 2.73. The van der Waals surface area contributed by atoms with E-state index in [2.05, 4.69) is 31.1 Å². The summed E-state index contributed by atoms with van der Waals surface area (Å²) in [4.78, 5) is 4.61. The highest BCUT2D eigenvalue weighted by Crippen LogP contribution is 2.54. The van der Waals surface area contributed by atoms with Crippen LogP contribution < -0.4 is 5.32 Å². The molecule has 20 heavy (non-hydrogen) atoms. The molecule has 3 heteroatoms. The molecule has 1 aromatic heterocycles. The van der Waals surface area contributed by atoms with Gasteiger partial charge in [0.15, 0.2) is 11.5 Å². The molecular weight excluding hydrogens is 248 g/mol. The molecule has 1 aliphatic carbocycles. The van der Waals surface area contributed by atoms with Crippen LogP contribution in [-0.2, 0) is 6.42 Å². The number of aromatic nitrogens is 1. The predicted octanol–water partition coefficient (Wildman–Crippen LogP) is 3.78. The van der Waals surface area contributed by atoms with Gasteiger partial charge < -0.3 is 9.73 Å². The third-order valence-corrected chi connectivity index (χ3v) is 4.46. The summed E-state index contributed by atoms with van der Waals surface area (Å²) in [5.41, 5.74) is 2.33. The number of benzene rings is 1. The highest BCUT2D eigenvalue weighted by molar-refractivity contribution is 5.72. The summed E-state index contributed by atoms with van der Waals surface area (Å²) in [7, 11) is 0. The van der Waals surface area contributed by atoms with E-state index in [0.29, 0.717) is 11.5 Å². The number of rotatable bonds is 6. The Hall–Kier alpha value is -1.35. The zero-order valence-corrected chi connectivity index (χ0v) is 12.6. The van der Waals surface area contributed by atoms with Crippen molar-refractivity contribution in [3.05, 3.63) is 30.2 Å². The fraction of sp³-hybridized carbons (Fsp3) is 0.588. The van der Waals surface area contributed by atoms with Crippen molar-refractivity contribution in [2.24, 2.45) is 11.3 Å². The van der Waals surface area contributed by atoms with Crippen molar-refractivity contribution in [3.8, 4) is 0 Å². The van der Waals surface area contributed by atoms with Crippen LogP contribution in [0.4, 0.5) is 0 Å². The second-order valence-electron chi connectivity index (χ2n) is 6.64.